The third kappa shape index (κ3) is 4.68. The Morgan fingerprint density at radius 3 is 2.78 bits per heavy atom. The van der Waals surface area contributed by atoms with E-state index in [0.717, 1.165) is 35.5 Å². The van der Waals surface area contributed by atoms with Crippen LogP contribution in [0.15, 0.2) is 29.4 Å². The summed E-state index contributed by atoms with van der Waals surface area (Å²) in [6.07, 6.45) is 4.04. The molecule has 6 rings (SSSR count). The van der Waals surface area contributed by atoms with Crippen LogP contribution in [-0.2, 0) is 11.2 Å². The summed E-state index contributed by atoms with van der Waals surface area (Å²) < 4.78 is 21.7. The van der Waals surface area contributed by atoms with Gasteiger partial charge in [-0.1, -0.05) is 20.3 Å². The molecule has 0 aliphatic carbocycles. The minimum absolute atomic E-state index is 0.301. The van der Waals surface area contributed by atoms with E-state index in [-0.39, 0.29) is 6.04 Å². The predicted molar refractivity (Wildman–Crippen MR) is 143 cm³/mol. The fourth-order valence-corrected chi connectivity index (χ4v) is 5.55. The summed E-state index contributed by atoms with van der Waals surface area (Å²) in [5.74, 6) is 1.75. The minimum atomic E-state index is -1.00. The maximum absolute atomic E-state index is 14.7. The molecule has 3 atom stereocenters. The molecule has 3 aromatic heterocycles. The molecule has 9 nitrogen and oxygen atoms in total. The number of pyridine rings is 1. The molecular formula is C27H35FN8O. The first kappa shape index (κ1) is 24.2. The Bertz CT molecular complexity index is 1330. The van der Waals surface area contributed by atoms with Crippen LogP contribution >= 0.6 is 0 Å². The van der Waals surface area contributed by atoms with Crippen molar-refractivity contribution in [1.82, 2.24) is 24.5 Å². The van der Waals surface area contributed by atoms with Crippen molar-refractivity contribution in [2.75, 3.05) is 37.4 Å². The average Bonchev–Trinajstić information content (AvgIpc) is 3.40. The largest absolute Gasteiger partial charge is 0.382 e. The van der Waals surface area contributed by atoms with E-state index >= 15 is 0 Å². The SMILES string of the molecule is CC1=Nc2ccc(-c3ccn4nc(N[C@@H]5CN(C6COC6)C[C@@H]5F)nc(N)c34)nc2CC1CCC(C)C. The fourth-order valence-electron chi connectivity index (χ4n) is 5.55. The number of nitrogens with one attached hydrogen (secondary N) is 1. The van der Waals surface area contributed by atoms with E-state index in [9.17, 15) is 4.39 Å². The van der Waals surface area contributed by atoms with E-state index in [1.54, 1.807) is 4.52 Å². The van der Waals surface area contributed by atoms with Gasteiger partial charge in [-0.15, -0.1) is 5.10 Å². The van der Waals surface area contributed by atoms with Crippen molar-refractivity contribution in [3.05, 3.63) is 30.1 Å². The normalized spacial score (nSPS) is 24.4. The van der Waals surface area contributed by atoms with Gasteiger partial charge < -0.3 is 15.8 Å². The molecule has 3 N–H and O–H groups in total. The quantitative estimate of drug-likeness (QED) is 0.500. The van der Waals surface area contributed by atoms with E-state index in [1.165, 1.54) is 12.1 Å². The molecule has 3 aromatic rings. The average molecular weight is 507 g/mol. The number of alkyl halides is 1. The Balaban J connectivity index is 1.23. The predicted octanol–water partition coefficient (Wildman–Crippen LogP) is 3.91. The Hall–Kier alpha value is -3.11. The lowest BCUT2D eigenvalue weighted by Gasteiger charge is -2.34. The zero-order chi connectivity index (χ0) is 25.7. The number of aromatic nitrogens is 4. The van der Waals surface area contributed by atoms with Crippen LogP contribution in [0.4, 0.5) is 21.8 Å². The molecular weight excluding hydrogens is 471 g/mol. The monoisotopic (exact) mass is 506 g/mol. The molecule has 0 spiro atoms. The molecule has 2 saturated heterocycles. The highest BCUT2D eigenvalue weighted by atomic mass is 19.1. The van der Waals surface area contributed by atoms with Gasteiger partial charge in [-0.2, -0.15) is 4.98 Å². The molecule has 3 aliphatic heterocycles. The summed E-state index contributed by atoms with van der Waals surface area (Å²) >= 11 is 0. The Kier molecular flexibility index (Phi) is 6.32. The number of fused-ring (bicyclic) bond motifs is 2. The summed E-state index contributed by atoms with van der Waals surface area (Å²) in [5.41, 5.74) is 12.0. The molecule has 0 radical (unpaired) electrons. The van der Waals surface area contributed by atoms with Gasteiger partial charge in [0.1, 0.15) is 11.7 Å². The van der Waals surface area contributed by atoms with Crippen molar-refractivity contribution in [2.45, 2.75) is 58.3 Å². The van der Waals surface area contributed by atoms with Gasteiger partial charge in [0, 0.05) is 36.5 Å². The van der Waals surface area contributed by atoms with Crippen LogP contribution in [0.3, 0.4) is 0 Å². The molecule has 3 aliphatic rings. The van der Waals surface area contributed by atoms with Crippen LogP contribution in [0.25, 0.3) is 16.8 Å². The molecule has 0 saturated carbocycles. The van der Waals surface area contributed by atoms with Crippen LogP contribution in [0.2, 0.25) is 0 Å². The second kappa shape index (κ2) is 9.64. The standard InChI is InChI=1S/C27H35FN8O/c1-15(2)4-5-17-10-23-22(30-16(17)3)7-6-21(31-23)19-8-9-36-25(19)26(29)33-27(34-36)32-24-12-35(11-20(24)28)18-13-37-14-18/h6-9,15,17-18,20,24H,4-5,10-14H2,1-3H3,(H3,29,32,33,34)/t17?,20-,24+/m0/s1. The first-order valence-corrected chi connectivity index (χ1v) is 13.3. The van der Waals surface area contributed by atoms with Crippen LogP contribution < -0.4 is 11.1 Å². The maximum Gasteiger partial charge on any atom is 0.243 e. The van der Waals surface area contributed by atoms with Crippen LogP contribution in [0, 0.1) is 11.8 Å². The summed E-state index contributed by atoms with van der Waals surface area (Å²) in [5, 5.41) is 7.75. The lowest BCUT2D eigenvalue weighted by molar-refractivity contribution is -0.0585. The number of hydrogen-bond donors (Lipinski definition) is 2. The first-order valence-electron chi connectivity index (χ1n) is 13.3. The number of anilines is 2. The molecule has 2 fully saturated rings. The fraction of sp³-hybridized carbons (Fsp3) is 0.556. The molecule has 1 unspecified atom stereocenters. The van der Waals surface area contributed by atoms with Gasteiger partial charge in [-0.3, -0.25) is 14.9 Å². The summed E-state index contributed by atoms with van der Waals surface area (Å²) in [4.78, 5) is 16.5. The first-order chi connectivity index (χ1) is 17.9. The van der Waals surface area contributed by atoms with Gasteiger partial charge in [0.05, 0.1) is 42.4 Å². The number of halogens is 1. The van der Waals surface area contributed by atoms with Crippen molar-refractivity contribution >= 4 is 28.7 Å². The Labute approximate surface area is 216 Å². The van der Waals surface area contributed by atoms with Gasteiger partial charge in [-0.05, 0) is 43.9 Å². The van der Waals surface area contributed by atoms with E-state index < -0.39 is 6.17 Å². The third-order valence-electron chi connectivity index (χ3n) is 7.91. The summed E-state index contributed by atoms with van der Waals surface area (Å²) in [6.45, 7) is 8.96. The van der Waals surface area contributed by atoms with E-state index in [1.807, 2.05) is 24.4 Å². The lowest BCUT2D eigenvalue weighted by atomic mass is 9.88. The van der Waals surface area contributed by atoms with Crippen molar-refractivity contribution in [3.8, 4) is 11.3 Å². The number of hydrogen-bond acceptors (Lipinski definition) is 8. The van der Waals surface area contributed by atoms with Crippen LogP contribution in [0.1, 0.15) is 39.3 Å². The number of nitrogen functional groups attached to an aromatic ring is 1. The Morgan fingerprint density at radius 1 is 1.19 bits per heavy atom. The highest BCUT2D eigenvalue weighted by Crippen LogP contribution is 2.34. The summed E-state index contributed by atoms with van der Waals surface area (Å²) in [6, 6.07) is 5.89. The van der Waals surface area contributed by atoms with Crippen LogP contribution in [0.5, 0.6) is 0 Å². The van der Waals surface area contributed by atoms with E-state index in [0.29, 0.717) is 61.5 Å². The maximum atomic E-state index is 14.7. The minimum Gasteiger partial charge on any atom is -0.382 e. The number of nitrogens with two attached hydrogens (primary N) is 1. The van der Waals surface area contributed by atoms with Crippen molar-refractivity contribution < 1.29 is 9.13 Å². The number of aliphatic imine (C=N–C) groups is 1. The van der Waals surface area contributed by atoms with Gasteiger partial charge in [0.25, 0.3) is 0 Å². The van der Waals surface area contributed by atoms with Gasteiger partial charge in [0.15, 0.2) is 5.82 Å². The topological polar surface area (TPSA) is 106 Å². The van der Waals surface area contributed by atoms with E-state index in [2.05, 4.69) is 41.1 Å². The highest BCUT2D eigenvalue weighted by Gasteiger charge is 2.39. The number of likely N-dealkylation sites (tertiary alicyclic amines) is 1. The van der Waals surface area contributed by atoms with Gasteiger partial charge in [0.2, 0.25) is 5.95 Å². The smallest absolute Gasteiger partial charge is 0.243 e. The number of nitrogens with zero attached hydrogens (tertiary/aromatic N) is 6. The van der Waals surface area contributed by atoms with Crippen LogP contribution in [-0.4, -0.2) is 74.8 Å². The molecule has 0 aromatic carbocycles. The number of rotatable bonds is 7. The second-order valence-electron chi connectivity index (χ2n) is 11.0. The molecule has 196 valence electrons. The molecule has 0 amide bonds. The molecule has 10 heteroatoms. The molecule has 6 heterocycles. The zero-order valence-corrected chi connectivity index (χ0v) is 21.7. The van der Waals surface area contributed by atoms with Crippen molar-refractivity contribution in [3.63, 3.8) is 0 Å². The highest BCUT2D eigenvalue weighted by molar-refractivity contribution is 5.90. The summed E-state index contributed by atoms with van der Waals surface area (Å²) in [7, 11) is 0. The van der Waals surface area contributed by atoms with Crippen molar-refractivity contribution in [2.24, 2.45) is 16.8 Å². The number of ether oxygens (including phenoxy) is 1. The van der Waals surface area contributed by atoms with E-state index in [4.69, 9.17) is 20.4 Å². The van der Waals surface area contributed by atoms with Gasteiger partial charge in [-0.25, -0.2) is 8.91 Å². The lowest BCUT2D eigenvalue weighted by Crippen LogP contribution is -2.48. The Morgan fingerprint density at radius 2 is 2.03 bits per heavy atom. The second-order valence-corrected chi connectivity index (χ2v) is 11.0. The zero-order valence-electron chi connectivity index (χ0n) is 21.7. The molecule has 0 bridgehead atoms. The van der Waals surface area contributed by atoms with Crippen molar-refractivity contribution in [1.29, 1.82) is 0 Å². The van der Waals surface area contributed by atoms with Gasteiger partial charge >= 0.3 is 0 Å². The molecule has 37 heavy (non-hydrogen) atoms. The third-order valence-corrected chi connectivity index (χ3v) is 7.91.